The maximum atomic E-state index is 5.72. The van der Waals surface area contributed by atoms with E-state index in [1.807, 2.05) is 6.07 Å². The average molecular weight is 263 g/mol. The zero-order valence-corrected chi connectivity index (χ0v) is 11.6. The van der Waals surface area contributed by atoms with Crippen molar-refractivity contribution in [3.8, 4) is 5.88 Å². The molecule has 0 fully saturated rings. The molecular weight excluding hydrogens is 246 g/mol. The Morgan fingerprint density at radius 2 is 2.17 bits per heavy atom. The van der Waals surface area contributed by atoms with Crippen molar-refractivity contribution < 1.29 is 4.74 Å². The maximum absolute atomic E-state index is 5.72. The maximum Gasteiger partial charge on any atom is 0.238 e. The normalized spacial score (nSPS) is 10.4. The van der Waals surface area contributed by atoms with Gasteiger partial charge in [0.2, 0.25) is 5.88 Å². The Balaban J connectivity index is 2.06. The molecule has 4 nitrogen and oxygen atoms in total. The molecule has 0 spiro atoms. The lowest BCUT2D eigenvalue weighted by atomic mass is 10.3. The highest BCUT2D eigenvalue weighted by molar-refractivity contribution is 7.12. The first-order chi connectivity index (χ1) is 8.60. The Morgan fingerprint density at radius 1 is 1.39 bits per heavy atom. The second kappa shape index (κ2) is 5.27. The number of nitrogens with two attached hydrogens (primary N) is 1. The van der Waals surface area contributed by atoms with Gasteiger partial charge in [0.25, 0.3) is 0 Å². The number of aryl methyl sites for hydroxylation is 2. The van der Waals surface area contributed by atoms with Gasteiger partial charge in [-0.3, -0.25) is 0 Å². The van der Waals surface area contributed by atoms with E-state index in [0.717, 1.165) is 12.4 Å². The average Bonchev–Trinajstić information content (AvgIpc) is 2.68. The number of hydrogen-bond acceptors (Lipinski definition) is 5. The van der Waals surface area contributed by atoms with Gasteiger partial charge in [-0.25, -0.2) is 0 Å². The summed E-state index contributed by atoms with van der Waals surface area (Å²) in [6, 6.07) is 5.84. The molecule has 2 heterocycles. The number of nitrogens with one attached hydrogen (secondary N) is 1. The van der Waals surface area contributed by atoms with E-state index in [4.69, 9.17) is 10.5 Å². The molecule has 0 saturated heterocycles. The van der Waals surface area contributed by atoms with E-state index < -0.39 is 0 Å². The molecule has 0 radical (unpaired) electrons. The number of thiophene rings is 1. The molecule has 0 aliphatic heterocycles. The third kappa shape index (κ3) is 2.73. The zero-order valence-electron chi connectivity index (χ0n) is 10.8. The van der Waals surface area contributed by atoms with E-state index in [0.29, 0.717) is 11.6 Å². The van der Waals surface area contributed by atoms with Crippen LogP contribution in [0.1, 0.15) is 15.3 Å². The van der Waals surface area contributed by atoms with E-state index >= 15 is 0 Å². The first-order valence-electron chi connectivity index (χ1n) is 5.70. The summed E-state index contributed by atoms with van der Waals surface area (Å²) in [6.07, 6.45) is 0. The predicted molar refractivity (Wildman–Crippen MR) is 76.3 cm³/mol. The Morgan fingerprint density at radius 3 is 2.78 bits per heavy atom. The molecule has 0 unspecified atom stereocenters. The second-order valence-corrected chi connectivity index (χ2v) is 5.44. The molecule has 0 aliphatic rings. The van der Waals surface area contributed by atoms with Crippen molar-refractivity contribution in [3.63, 3.8) is 0 Å². The van der Waals surface area contributed by atoms with Gasteiger partial charge in [0.05, 0.1) is 19.3 Å². The fraction of sp³-hybridized carbons (Fsp3) is 0.308. The molecule has 0 aromatic carbocycles. The molecule has 96 valence electrons. The van der Waals surface area contributed by atoms with Crippen LogP contribution in [0.4, 0.5) is 11.5 Å². The molecule has 2 aromatic rings. The quantitative estimate of drug-likeness (QED) is 0.890. The van der Waals surface area contributed by atoms with Crippen molar-refractivity contribution in [1.29, 1.82) is 0 Å². The number of ether oxygens (including phenoxy) is 1. The lowest BCUT2D eigenvalue weighted by Gasteiger charge is -2.07. The minimum atomic E-state index is 0.457. The molecule has 0 saturated carbocycles. The molecule has 0 aliphatic carbocycles. The number of hydrogen-bond donors (Lipinski definition) is 2. The van der Waals surface area contributed by atoms with Gasteiger partial charge in [-0.15, -0.1) is 11.3 Å². The van der Waals surface area contributed by atoms with Crippen molar-refractivity contribution in [3.05, 3.63) is 33.5 Å². The summed E-state index contributed by atoms with van der Waals surface area (Å²) >= 11 is 1.80. The lowest BCUT2D eigenvalue weighted by Crippen LogP contribution is -2.02. The molecule has 2 rings (SSSR count). The summed E-state index contributed by atoms with van der Waals surface area (Å²) in [6.45, 7) is 5.02. The number of nitrogens with zero attached hydrogens (tertiary/aromatic N) is 1. The van der Waals surface area contributed by atoms with E-state index in [1.165, 1.54) is 15.3 Å². The molecular formula is C13H17N3OS. The van der Waals surface area contributed by atoms with Gasteiger partial charge in [0.15, 0.2) is 0 Å². The van der Waals surface area contributed by atoms with Crippen LogP contribution in [0.3, 0.4) is 0 Å². The van der Waals surface area contributed by atoms with Crippen LogP contribution >= 0.6 is 11.3 Å². The monoisotopic (exact) mass is 263 g/mol. The summed E-state index contributed by atoms with van der Waals surface area (Å²) in [5.41, 5.74) is 7.60. The predicted octanol–water partition coefficient (Wildman–Crippen LogP) is 2.96. The molecule has 0 amide bonds. The Labute approximate surface area is 111 Å². The number of rotatable bonds is 4. The lowest BCUT2D eigenvalue weighted by molar-refractivity contribution is 0.401. The zero-order chi connectivity index (χ0) is 13.1. The van der Waals surface area contributed by atoms with Gasteiger partial charge in [-0.1, -0.05) is 0 Å². The fourth-order valence-electron chi connectivity index (χ4n) is 1.63. The summed E-state index contributed by atoms with van der Waals surface area (Å²) in [7, 11) is 1.56. The molecule has 2 aromatic heterocycles. The molecule has 0 atom stereocenters. The number of anilines is 2. The minimum Gasteiger partial charge on any atom is -0.479 e. The van der Waals surface area contributed by atoms with E-state index in [1.54, 1.807) is 24.5 Å². The standard InChI is InChI=1S/C13H17N3OS/c1-8-6-10(18-9(8)2)7-15-12-5-4-11(14)13(16-12)17-3/h4-6H,7,14H2,1-3H3,(H,15,16). The smallest absolute Gasteiger partial charge is 0.238 e. The van der Waals surface area contributed by atoms with Crippen LogP contribution in [0.15, 0.2) is 18.2 Å². The van der Waals surface area contributed by atoms with E-state index in [9.17, 15) is 0 Å². The summed E-state index contributed by atoms with van der Waals surface area (Å²) in [4.78, 5) is 6.93. The minimum absolute atomic E-state index is 0.457. The van der Waals surface area contributed by atoms with E-state index in [-0.39, 0.29) is 0 Å². The first-order valence-corrected chi connectivity index (χ1v) is 6.52. The van der Waals surface area contributed by atoms with Crippen molar-refractivity contribution in [1.82, 2.24) is 4.98 Å². The summed E-state index contributed by atoms with van der Waals surface area (Å²) < 4.78 is 5.09. The SMILES string of the molecule is COc1nc(NCc2cc(C)c(C)s2)ccc1N. The highest BCUT2D eigenvalue weighted by Crippen LogP contribution is 2.23. The van der Waals surface area contributed by atoms with Crippen LogP contribution in [-0.4, -0.2) is 12.1 Å². The fourth-order valence-corrected chi connectivity index (χ4v) is 2.62. The van der Waals surface area contributed by atoms with Crippen molar-refractivity contribution in [2.24, 2.45) is 0 Å². The van der Waals surface area contributed by atoms with Crippen LogP contribution in [-0.2, 0) is 6.54 Å². The number of pyridine rings is 1. The van der Waals surface area contributed by atoms with Crippen LogP contribution < -0.4 is 15.8 Å². The molecule has 5 heteroatoms. The third-order valence-electron chi connectivity index (χ3n) is 2.74. The van der Waals surface area contributed by atoms with Crippen LogP contribution in [0.2, 0.25) is 0 Å². The highest BCUT2D eigenvalue weighted by atomic mass is 32.1. The van der Waals surface area contributed by atoms with E-state index in [2.05, 4.69) is 30.2 Å². The van der Waals surface area contributed by atoms with Gasteiger partial charge in [0.1, 0.15) is 5.82 Å². The molecule has 3 N–H and O–H groups in total. The second-order valence-electron chi connectivity index (χ2n) is 4.10. The summed E-state index contributed by atoms with van der Waals surface area (Å²) in [5, 5.41) is 3.27. The number of methoxy groups -OCH3 is 1. The largest absolute Gasteiger partial charge is 0.479 e. The van der Waals surface area contributed by atoms with Crippen LogP contribution in [0, 0.1) is 13.8 Å². The van der Waals surface area contributed by atoms with Gasteiger partial charge in [0, 0.05) is 9.75 Å². The van der Waals surface area contributed by atoms with Gasteiger partial charge < -0.3 is 15.8 Å². The Hall–Kier alpha value is -1.75. The van der Waals surface area contributed by atoms with Crippen molar-refractivity contribution in [2.75, 3.05) is 18.2 Å². The third-order valence-corrected chi connectivity index (χ3v) is 3.90. The number of nitrogen functional groups attached to an aromatic ring is 1. The van der Waals surface area contributed by atoms with Gasteiger partial charge in [-0.05, 0) is 37.6 Å². The van der Waals surface area contributed by atoms with Crippen LogP contribution in [0.25, 0.3) is 0 Å². The first kappa shape index (κ1) is 12.7. The van der Waals surface area contributed by atoms with Crippen molar-refractivity contribution in [2.45, 2.75) is 20.4 Å². The summed E-state index contributed by atoms with van der Waals surface area (Å²) in [5.74, 6) is 1.23. The van der Waals surface area contributed by atoms with Crippen molar-refractivity contribution >= 4 is 22.8 Å². The number of aromatic nitrogens is 1. The topological polar surface area (TPSA) is 60.2 Å². The molecule has 18 heavy (non-hydrogen) atoms. The Bertz CT molecular complexity index is 532. The van der Waals surface area contributed by atoms with Gasteiger partial charge in [-0.2, -0.15) is 4.98 Å². The highest BCUT2D eigenvalue weighted by Gasteiger charge is 2.04. The Kier molecular flexibility index (Phi) is 3.72. The van der Waals surface area contributed by atoms with Crippen LogP contribution in [0.5, 0.6) is 5.88 Å². The van der Waals surface area contributed by atoms with Gasteiger partial charge >= 0.3 is 0 Å². The molecule has 0 bridgehead atoms.